The molecule has 2 saturated heterocycles. The van der Waals surface area contributed by atoms with E-state index in [1.165, 1.54) is 98.5 Å². The number of halogens is 6. The molecule has 12 nitrogen and oxygen atoms in total. The second-order valence-corrected chi connectivity index (χ2v) is 45.9. The van der Waals surface area contributed by atoms with Gasteiger partial charge in [-0.25, -0.2) is 0 Å². The summed E-state index contributed by atoms with van der Waals surface area (Å²) in [6.45, 7) is 61.3. The van der Waals surface area contributed by atoms with Crippen molar-refractivity contribution in [2.24, 2.45) is 0 Å². The monoisotopic (exact) mass is 2030 g/mol. The summed E-state index contributed by atoms with van der Waals surface area (Å²) in [5, 5.41) is 5.20. The van der Waals surface area contributed by atoms with Gasteiger partial charge in [0, 0.05) is 60.4 Å². The minimum absolute atomic E-state index is 0. The summed E-state index contributed by atoms with van der Waals surface area (Å²) in [6.07, 6.45) is 2.90. The predicted molar refractivity (Wildman–Crippen MR) is 503 cm³/mol. The molecule has 0 bridgehead atoms. The summed E-state index contributed by atoms with van der Waals surface area (Å²) >= 11 is 0.644. The SMILES string of the molecule is C.C.CC(=O)Nc1ccc([OH+]C(C)C)c([CH]=[Ru]([Cl])[Cl])c1.CC(C)c1cccc(C(C)C)c1N1[CH-]N(c2c(C(C)C)cccc2C(C)C)CC1.CC(C)c1cccc(C(C)C)c1N1[CH-]N(c2c(C(C)C)cccc2C(C)C)CC1.CCCSI.CCCSI.CCOC(=O)C(=O)Nc1ccc([OH+]C(C)C)c([CH]=[Ru]([Cl])[Cl])c1. The van der Waals surface area contributed by atoms with Crippen LogP contribution in [0.25, 0.3) is 0 Å². The Morgan fingerprint density at radius 2 is 0.709 bits per heavy atom. The number of aliphatic hydroxyl groups is 2. The molecule has 6 aromatic rings. The van der Waals surface area contributed by atoms with Gasteiger partial charge < -0.3 is 19.6 Å². The zero-order chi connectivity index (χ0) is 81.2. The molecule has 0 spiro atoms. The molecular weight excluding hydrogens is 1900 g/mol. The summed E-state index contributed by atoms with van der Waals surface area (Å²) in [6, 6.07) is 38.0. The maximum atomic E-state index is 11.6. The van der Waals surface area contributed by atoms with Crippen LogP contribution in [0.3, 0.4) is 0 Å². The van der Waals surface area contributed by atoms with Crippen molar-refractivity contribution in [3.63, 3.8) is 0 Å². The van der Waals surface area contributed by atoms with Gasteiger partial charge in [0.05, 0.1) is 0 Å². The van der Waals surface area contributed by atoms with Crippen LogP contribution in [0.1, 0.15) is 297 Å². The van der Waals surface area contributed by atoms with Crippen LogP contribution >= 0.6 is 99.0 Å². The van der Waals surface area contributed by atoms with Gasteiger partial charge >= 0.3 is 263 Å². The number of carbonyl (C=O) groups is 3. The van der Waals surface area contributed by atoms with Crippen LogP contribution in [-0.2, 0) is 46.2 Å². The molecular formula is C88H134Cl4I2N6O6Ru2S2. The first kappa shape index (κ1) is 105. The summed E-state index contributed by atoms with van der Waals surface area (Å²) < 4.78 is 17.2. The number of anilines is 6. The van der Waals surface area contributed by atoms with Crippen molar-refractivity contribution in [1.29, 1.82) is 0 Å². The van der Waals surface area contributed by atoms with E-state index in [2.05, 4.69) is 298 Å². The minimum atomic E-state index is -2.04. The Morgan fingerprint density at radius 1 is 0.455 bits per heavy atom. The predicted octanol–water partition coefficient (Wildman–Crippen LogP) is 27.8. The summed E-state index contributed by atoms with van der Waals surface area (Å²) in [5.41, 5.74) is 20.1. The second kappa shape index (κ2) is 54.7. The van der Waals surface area contributed by atoms with Crippen molar-refractivity contribution in [2.75, 3.05) is 74.5 Å². The first-order chi connectivity index (χ1) is 51.0. The summed E-state index contributed by atoms with van der Waals surface area (Å²) in [5.74, 6) is 6.42. The molecule has 622 valence electrons. The first-order valence-corrected chi connectivity index (χ1v) is 55.9. The van der Waals surface area contributed by atoms with E-state index in [4.69, 9.17) is 38.8 Å². The van der Waals surface area contributed by atoms with Crippen molar-refractivity contribution >= 4 is 160 Å². The van der Waals surface area contributed by atoms with Crippen molar-refractivity contribution in [3.8, 4) is 11.5 Å². The Labute approximate surface area is 725 Å². The number of nitrogens with one attached hydrogen (secondary N) is 2. The Bertz CT molecular complexity index is 3420. The van der Waals surface area contributed by atoms with Crippen LogP contribution < -0.4 is 30.2 Å². The van der Waals surface area contributed by atoms with E-state index in [1.807, 2.05) is 68.4 Å². The molecule has 4 N–H and O–H groups in total. The van der Waals surface area contributed by atoms with Crippen LogP contribution in [0, 0.1) is 13.3 Å². The number of amides is 2. The molecule has 0 saturated carbocycles. The van der Waals surface area contributed by atoms with Gasteiger partial charge in [0.1, 0.15) is 0 Å². The third-order valence-corrected chi connectivity index (χ3v) is 24.5. The van der Waals surface area contributed by atoms with Crippen LogP contribution in [-0.4, -0.2) is 93.0 Å². The molecule has 2 aliphatic heterocycles. The molecule has 2 amide bonds. The quantitative estimate of drug-likeness (QED) is 0.0109. The van der Waals surface area contributed by atoms with Gasteiger partial charge in [0.15, 0.2) is 0 Å². The summed E-state index contributed by atoms with van der Waals surface area (Å²) in [7, 11) is 27.4. The number of para-hydroxylation sites is 4. The van der Waals surface area contributed by atoms with E-state index in [0.717, 1.165) is 54.5 Å². The van der Waals surface area contributed by atoms with E-state index in [-0.39, 0.29) is 39.6 Å². The molecule has 0 atom stereocenters. The zero-order valence-electron chi connectivity index (χ0n) is 68.4. The van der Waals surface area contributed by atoms with E-state index in [1.54, 1.807) is 29.7 Å². The zero-order valence-corrected chi connectivity index (χ0v) is 80.9. The van der Waals surface area contributed by atoms with E-state index in [0.29, 0.717) is 53.0 Å². The van der Waals surface area contributed by atoms with E-state index >= 15 is 0 Å². The average Bonchev–Trinajstić information content (AvgIpc) is 1.61. The van der Waals surface area contributed by atoms with Crippen molar-refractivity contribution < 1.29 is 55.6 Å². The van der Waals surface area contributed by atoms with Gasteiger partial charge in [-0.05, 0) is 147 Å². The number of hydrogen-bond donors (Lipinski definition) is 2. The molecule has 22 heteroatoms. The molecule has 2 heterocycles. The van der Waals surface area contributed by atoms with Gasteiger partial charge in [-0.15, -0.1) is 0 Å². The van der Waals surface area contributed by atoms with Crippen molar-refractivity contribution in [1.82, 2.24) is 0 Å². The molecule has 6 aromatic carbocycles. The van der Waals surface area contributed by atoms with Gasteiger partial charge in [-0.2, -0.15) is 13.3 Å². The first-order valence-electron chi connectivity index (χ1n) is 37.8. The Kier molecular flexibility index (Phi) is 52.1. The number of rotatable bonds is 25. The van der Waals surface area contributed by atoms with E-state index < -0.39 is 38.9 Å². The molecule has 0 aromatic heterocycles. The fourth-order valence-electron chi connectivity index (χ4n) is 12.2. The number of aromatic hydroxyl groups is 2. The van der Waals surface area contributed by atoms with Crippen LogP contribution in [0.15, 0.2) is 109 Å². The molecule has 0 radical (unpaired) electrons. The topological polar surface area (TPSA) is 123 Å². The molecule has 2 aliphatic rings. The number of carbonyl (C=O) groups excluding carboxylic acids is 3. The molecule has 8 rings (SSSR count). The fourth-order valence-corrected chi connectivity index (χ4v) is 18.7. The number of ether oxygens (including phenoxy) is 3. The standard InChI is InChI=1S/2C27H39N2.C14H17NO4.C12H15NO2.2C3H7IS.2CH4.4ClH.2Ru/c2*1-18(2)22-11-9-12-23(19(3)4)26(22)28-15-16-29(17-28)27-24(20(5)6)13-10-14-25(27)21(7)8;1-5-18-14(17)13(16)15-11-6-7-12(10(4)8-11)19-9(2)3;1-8(2)15-12-6-5-11(7-9(12)3)13-10(4)14;2*1-2-3-5-4;;;;;;;;/h2*9-14,17-21H,15-16H2,1-8H3;4,6-9H,5H2,1-3H3,(H,15,16);3,5-8H,1-2,4H3,(H,13,14);2*2-3H2,1H3;2*1H4;4*1H;;/q2*-1;;;;;;;;;;;2*+2/p-2. The fraction of sp³-hybridized carbons (Fsp3) is 0.511. The van der Waals surface area contributed by atoms with Crippen LogP contribution in [0.4, 0.5) is 34.1 Å². The van der Waals surface area contributed by atoms with Crippen molar-refractivity contribution in [2.45, 2.75) is 253 Å². The van der Waals surface area contributed by atoms with Crippen LogP contribution in [0.5, 0.6) is 11.5 Å². The Hall–Kier alpha value is -3.16. The molecule has 0 aliphatic carbocycles. The second-order valence-electron chi connectivity index (χ2n) is 29.5. The third kappa shape index (κ3) is 35.0. The maximum absolute atomic E-state index is 11.6. The number of benzene rings is 6. The molecule has 2 fully saturated rings. The van der Waals surface area contributed by atoms with E-state index in [9.17, 15) is 14.4 Å². The summed E-state index contributed by atoms with van der Waals surface area (Å²) in [4.78, 5) is 44.0. The average molecular weight is 2030 g/mol. The molecule has 110 heavy (non-hydrogen) atoms. The van der Waals surface area contributed by atoms with Gasteiger partial charge in [-0.1, -0.05) is 230 Å². The van der Waals surface area contributed by atoms with Gasteiger partial charge in [-0.3, -0.25) is 0 Å². The van der Waals surface area contributed by atoms with Crippen LogP contribution in [0.2, 0.25) is 0 Å². The normalized spacial score (nSPS) is 12.6. The Balaban J connectivity index is 0.000000708. The molecule has 0 unspecified atom stereocenters. The number of esters is 1. The Morgan fingerprint density at radius 3 is 0.900 bits per heavy atom. The van der Waals surface area contributed by atoms with Crippen molar-refractivity contribution in [3.05, 3.63) is 178 Å². The number of hydrogen-bond acceptors (Lipinski definition) is 10. The number of nitrogens with zero attached hydrogens (tertiary/aromatic N) is 4. The van der Waals surface area contributed by atoms with Gasteiger partial charge in [0.2, 0.25) is 0 Å². The third-order valence-electron chi connectivity index (χ3n) is 17.1. The van der Waals surface area contributed by atoms with Gasteiger partial charge in [0.25, 0.3) is 0 Å².